The van der Waals surface area contributed by atoms with Gasteiger partial charge in [0, 0.05) is 18.8 Å². The predicted molar refractivity (Wildman–Crippen MR) is 45.7 cm³/mol. The van der Waals surface area contributed by atoms with E-state index < -0.39 is 0 Å². The summed E-state index contributed by atoms with van der Waals surface area (Å²) in [5.41, 5.74) is 0.836. The molecule has 0 amide bonds. The fourth-order valence-corrected chi connectivity index (χ4v) is 0.852. The Balaban J connectivity index is 2.74. The number of aryl methyl sites for hydroxylation is 1. The van der Waals surface area contributed by atoms with Gasteiger partial charge < -0.3 is 5.11 Å². The topological polar surface area (TPSA) is 46.0 Å². The van der Waals surface area contributed by atoms with E-state index in [1.807, 2.05) is 0 Å². The van der Waals surface area contributed by atoms with Crippen molar-refractivity contribution in [1.82, 2.24) is 9.97 Å². The molecule has 0 saturated carbocycles. The van der Waals surface area contributed by atoms with E-state index in [-0.39, 0.29) is 5.05 Å². The van der Waals surface area contributed by atoms with Crippen LogP contribution in [0.2, 0.25) is 0 Å². The summed E-state index contributed by atoms with van der Waals surface area (Å²) in [6.45, 7) is 1.81. The fraction of sp³-hybridized carbons (Fsp3) is 0.286. The third-order valence-electron chi connectivity index (χ3n) is 1.19. The number of rotatable bonds is 2. The smallest absolute Gasteiger partial charge is 0.161 e. The maximum absolute atomic E-state index is 8.75. The lowest BCUT2D eigenvalue weighted by molar-refractivity contribution is 0.555. The normalized spacial score (nSPS) is 9.55. The Hall–Kier alpha value is -1.03. The van der Waals surface area contributed by atoms with Gasteiger partial charge in [-0.25, -0.2) is 9.97 Å². The number of aliphatic hydroxyl groups is 1. The molecule has 3 nitrogen and oxygen atoms in total. The van der Waals surface area contributed by atoms with Crippen LogP contribution in [0.3, 0.4) is 0 Å². The van der Waals surface area contributed by atoms with Gasteiger partial charge in [-0.2, -0.15) is 0 Å². The Kier molecular flexibility index (Phi) is 2.48. The van der Waals surface area contributed by atoms with E-state index in [9.17, 15) is 0 Å². The fourth-order valence-electron chi connectivity index (χ4n) is 0.685. The van der Waals surface area contributed by atoms with Gasteiger partial charge in [0.25, 0.3) is 0 Å². The molecule has 0 saturated heterocycles. The van der Waals surface area contributed by atoms with Crippen molar-refractivity contribution >= 4 is 17.3 Å². The summed E-state index contributed by atoms with van der Waals surface area (Å²) >= 11 is 4.51. The average Bonchev–Trinajstić information content (AvgIpc) is 1.93. The van der Waals surface area contributed by atoms with Crippen LogP contribution in [-0.4, -0.2) is 20.1 Å². The van der Waals surface area contributed by atoms with Gasteiger partial charge in [-0.3, -0.25) is 0 Å². The van der Waals surface area contributed by atoms with Crippen molar-refractivity contribution in [2.24, 2.45) is 0 Å². The second-order valence-electron chi connectivity index (χ2n) is 2.21. The third kappa shape index (κ3) is 2.59. The molecule has 1 heterocycles. The van der Waals surface area contributed by atoms with Crippen molar-refractivity contribution in [2.75, 3.05) is 0 Å². The van der Waals surface area contributed by atoms with Gasteiger partial charge in [0.1, 0.15) is 5.82 Å². The van der Waals surface area contributed by atoms with Gasteiger partial charge in [-0.1, -0.05) is 0 Å². The van der Waals surface area contributed by atoms with Crippen molar-refractivity contribution in [2.45, 2.75) is 13.3 Å². The highest BCUT2D eigenvalue weighted by molar-refractivity contribution is 7.80. The van der Waals surface area contributed by atoms with Gasteiger partial charge in [0.2, 0.25) is 0 Å². The highest BCUT2D eigenvalue weighted by Crippen LogP contribution is 1.96. The van der Waals surface area contributed by atoms with Gasteiger partial charge in [0.05, 0.1) is 0 Å². The molecule has 0 spiro atoms. The van der Waals surface area contributed by atoms with Crippen LogP contribution in [-0.2, 0) is 6.42 Å². The molecule has 0 bridgehead atoms. The van der Waals surface area contributed by atoms with Crippen LogP contribution >= 0.6 is 12.2 Å². The molecule has 0 aromatic carbocycles. The molecule has 0 fully saturated rings. The van der Waals surface area contributed by atoms with E-state index in [4.69, 9.17) is 5.11 Å². The summed E-state index contributed by atoms with van der Waals surface area (Å²) in [4.78, 5) is 7.90. The SMILES string of the molecule is Cc1ncc(CC(O)=S)cn1. The molecule has 11 heavy (non-hydrogen) atoms. The molecule has 4 heteroatoms. The van der Waals surface area contributed by atoms with Crippen LogP contribution in [0.4, 0.5) is 0 Å². The number of hydrogen-bond donors (Lipinski definition) is 1. The predicted octanol–water partition coefficient (Wildman–Crippen LogP) is 1.21. The van der Waals surface area contributed by atoms with Crippen LogP contribution in [0.5, 0.6) is 0 Å². The molecule has 1 rings (SSSR count). The molecule has 0 aliphatic carbocycles. The summed E-state index contributed by atoms with van der Waals surface area (Å²) in [5.74, 6) is 0.720. The first-order chi connectivity index (χ1) is 5.18. The lowest BCUT2D eigenvalue weighted by atomic mass is 10.2. The number of aromatic nitrogens is 2. The third-order valence-corrected chi connectivity index (χ3v) is 1.33. The largest absolute Gasteiger partial charge is 0.502 e. The van der Waals surface area contributed by atoms with Crippen molar-refractivity contribution in [1.29, 1.82) is 0 Å². The first kappa shape index (κ1) is 8.07. The number of hydrogen-bond acceptors (Lipinski definition) is 3. The van der Waals surface area contributed by atoms with Crippen LogP contribution in [0.1, 0.15) is 11.4 Å². The quantitative estimate of drug-likeness (QED) is 0.674. The zero-order valence-electron chi connectivity index (χ0n) is 6.11. The Labute approximate surface area is 70.1 Å². The number of aliphatic hydroxyl groups excluding tert-OH is 1. The molecule has 0 radical (unpaired) electrons. The Morgan fingerprint density at radius 2 is 2.09 bits per heavy atom. The Morgan fingerprint density at radius 3 is 2.55 bits per heavy atom. The van der Waals surface area contributed by atoms with Crippen LogP contribution in [0, 0.1) is 6.92 Å². The Morgan fingerprint density at radius 1 is 1.55 bits per heavy atom. The van der Waals surface area contributed by atoms with Crippen molar-refractivity contribution < 1.29 is 5.11 Å². The van der Waals surface area contributed by atoms with Crippen LogP contribution < -0.4 is 0 Å². The summed E-state index contributed by atoms with van der Waals surface area (Å²) < 4.78 is 0. The molecule has 58 valence electrons. The lowest BCUT2D eigenvalue weighted by Crippen LogP contribution is -1.99. The van der Waals surface area contributed by atoms with Gasteiger partial charge >= 0.3 is 0 Å². The Bertz CT molecular complexity index is 258. The van der Waals surface area contributed by atoms with E-state index in [1.165, 1.54) is 0 Å². The molecule has 0 aliphatic heterocycles. The maximum Gasteiger partial charge on any atom is 0.161 e. The maximum atomic E-state index is 8.75. The molecule has 0 unspecified atom stereocenters. The second-order valence-corrected chi connectivity index (χ2v) is 2.68. The van der Waals surface area contributed by atoms with E-state index in [2.05, 4.69) is 22.2 Å². The molecule has 0 aliphatic rings. The molecular formula is C7H8N2OS. The van der Waals surface area contributed by atoms with Gasteiger partial charge in [-0.05, 0) is 24.7 Å². The number of thiocarbonyl (C=S) groups is 1. The van der Waals surface area contributed by atoms with E-state index >= 15 is 0 Å². The van der Waals surface area contributed by atoms with Crippen molar-refractivity contribution in [3.05, 3.63) is 23.8 Å². The summed E-state index contributed by atoms with van der Waals surface area (Å²) in [6.07, 6.45) is 3.67. The van der Waals surface area contributed by atoms with Crippen molar-refractivity contribution in [3.63, 3.8) is 0 Å². The molecule has 1 N–H and O–H groups in total. The zero-order valence-corrected chi connectivity index (χ0v) is 6.93. The number of nitrogens with zero attached hydrogens (tertiary/aromatic N) is 2. The van der Waals surface area contributed by atoms with E-state index in [0.717, 1.165) is 11.4 Å². The average molecular weight is 168 g/mol. The minimum absolute atomic E-state index is 0.0301. The van der Waals surface area contributed by atoms with Gasteiger partial charge in [0.15, 0.2) is 5.05 Å². The van der Waals surface area contributed by atoms with Crippen molar-refractivity contribution in [3.8, 4) is 0 Å². The van der Waals surface area contributed by atoms with E-state index in [1.54, 1.807) is 19.3 Å². The summed E-state index contributed by atoms with van der Waals surface area (Å²) in [6, 6.07) is 0. The van der Waals surface area contributed by atoms with Crippen LogP contribution in [0.15, 0.2) is 12.4 Å². The monoisotopic (exact) mass is 168 g/mol. The highest BCUT2D eigenvalue weighted by atomic mass is 32.1. The minimum atomic E-state index is -0.0301. The molecule has 1 aromatic heterocycles. The molecular weight excluding hydrogens is 160 g/mol. The van der Waals surface area contributed by atoms with E-state index in [0.29, 0.717) is 6.42 Å². The first-order valence-corrected chi connectivity index (χ1v) is 3.58. The summed E-state index contributed by atoms with van der Waals surface area (Å²) in [7, 11) is 0. The van der Waals surface area contributed by atoms with Crippen LogP contribution in [0.25, 0.3) is 0 Å². The molecule has 0 atom stereocenters. The first-order valence-electron chi connectivity index (χ1n) is 3.18. The second kappa shape index (κ2) is 3.39. The highest BCUT2D eigenvalue weighted by Gasteiger charge is 1.96. The standard InChI is InChI=1S/C7H8N2OS/c1-5-8-3-6(4-9-5)2-7(10)11/h3-4H,2H2,1H3,(H,10,11). The summed E-state index contributed by atoms with van der Waals surface area (Å²) in [5, 5.41) is 8.72. The minimum Gasteiger partial charge on any atom is -0.502 e. The van der Waals surface area contributed by atoms with Gasteiger partial charge in [-0.15, -0.1) is 0 Å². The zero-order chi connectivity index (χ0) is 8.27. The lowest BCUT2D eigenvalue weighted by Gasteiger charge is -1.96. The molecule has 1 aromatic rings.